The van der Waals surface area contributed by atoms with Gasteiger partial charge in [0.2, 0.25) is 11.8 Å². The number of carbonyl (C=O) groups is 2. The van der Waals surface area contributed by atoms with Crippen molar-refractivity contribution in [3.05, 3.63) is 59.7 Å². The number of nitrogens with one attached hydrogen (secondary N) is 2. The maximum absolute atomic E-state index is 15.0. The Kier molecular flexibility index (Phi) is 9.02. The Morgan fingerprint density at radius 1 is 0.971 bits per heavy atom. The van der Waals surface area contributed by atoms with Gasteiger partial charge in [0.25, 0.3) is 0 Å². The zero-order chi connectivity index (χ0) is 24.7. The summed E-state index contributed by atoms with van der Waals surface area (Å²) in [5.74, 6) is -2.03. The lowest BCUT2D eigenvalue weighted by Crippen LogP contribution is -2.41. The van der Waals surface area contributed by atoms with Crippen LogP contribution in [0.5, 0.6) is 0 Å². The summed E-state index contributed by atoms with van der Waals surface area (Å²) >= 11 is 0. The van der Waals surface area contributed by atoms with Crippen molar-refractivity contribution in [2.75, 3.05) is 29.9 Å². The molecule has 3 rings (SSSR count). The predicted octanol–water partition coefficient (Wildman–Crippen LogP) is 5.48. The molecule has 5 nitrogen and oxygen atoms in total. The van der Waals surface area contributed by atoms with E-state index in [9.17, 15) is 18.4 Å². The van der Waals surface area contributed by atoms with Crippen LogP contribution in [0.25, 0.3) is 0 Å². The number of nitrogens with zero attached hydrogens (tertiary/aromatic N) is 1. The molecule has 0 aromatic heterocycles. The Bertz CT molecular complexity index is 948. The summed E-state index contributed by atoms with van der Waals surface area (Å²) in [5.41, 5.74) is 1.01. The second-order valence-corrected chi connectivity index (χ2v) is 8.90. The van der Waals surface area contributed by atoms with Crippen LogP contribution in [0.2, 0.25) is 0 Å². The topological polar surface area (TPSA) is 61.4 Å². The van der Waals surface area contributed by atoms with Gasteiger partial charge >= 0.3 is 0 Å². The summed E-state index contributed by atoms with van der Waals surface area (Å²) < 4.78 is 29.9. The minimum Gasteiger partial charge on any atom is -0.367 e. The van der Waals surface area contributed by atoms with Gasteiger partial charge in [-0.05, 0) is 56.2 Å². The van der Waals surface area contributed by atoms with E-state index in [2.05, 4.69) is 10.6 Å². The third-order valence-electron chi connectivity index (χ3n) is 6.76. The minimum absolute atomic E-state index is 0.0120. The third-order valence-corrected chi connectivity index (χ3v) is 6.76. The summed E-state index contributed by atoms with van der Waals surface area (Å²) in [4.78, 5) is 26.8. The summed E-state index contributed by atoms with van der Waals surface area (Å²) in [6.45, 7) is 7.16. The van der Waals surface area contributed by atoms with Gasteiger partial charge in [0.05, 0.1) is 5.92 Å². The van der Waals surface area contributed by atoms with Gasteiger partial charge in [-0.15, -0.1) is 0 Å². The molecule has 1 heterocycles. The van der Waals surface area contributed by atoms with Gasteiger partial charge in [-0.25, -0.2) is 8.78 Å². The van der Waals surface area contributed by atoms with Crippen molar-refractivity contribution >= 4 is 23.2 Å². The molecule has 1 aliphatic rings. The number of likely N-dealkylation sites (N-methyl/N-ethyl adjacent to an activating group) is 1. The van der Waals surface area contributed by atoms with Crippen LogP contribution < -0.4 is 15.5 Å². The highest BCUT2D eigenvalue weighted by atomic mass is 19.1. The fourth-order valence-electron chi connectivity index (χ4n) is 4.88. The molecule has 0 aliphatic carbocycles. The van der Waals surface area contributed by atoms with Crippen molar-refractivity contribution < 1.29 is 18.4 Å². The van der Waals surface area contributed by atoms with Gasteiger partial charge in [-0.3, -0.25) is 9.59 Å². The van der Waals surface area contributed by atoms with E-state index in [0.29, 0.717) is 45.3 Å². The lowest BCUT2D eigenvalue weighted by atomic mass is 9.79. The molecule has 1 saturated heterocycles. The molecule has 0 bridgehead atoms. The Hall–Kier alpha value is -2.96. The van der Waals surface area contributed by atoms with Gasteiger partial charge in [-0.1, -0.05) is 44.2 Å². The zero-order valence-corrected chi connectivity index (χ0v) is 20.2. The molecule has 34 heavy (non-hydrogen) atoms. The maximum Gasteiger partial charge on any atom is 0.227 e. The van der Waals surface area contributed by atoms with Gasteiger partial charge in [0.1, 0.15) is 5.69 Å². The fraction of sp³-hybridized carbons (Fsp3) is 0.481. The number of hydrogen-bond acceptors (Lipinski definition) is 3. The van der Waals surface area contributed by atoms with Crippen LogP contribution in [-0.4, -0.2) is 31.4 Å². The smallest absolute Gasteiger partial charge is 0.227 e. The van der Waals surface area contributed by atoms with E-state index in [1.165, 1.54) is 12.1 Å². The van der Waals surface area contributed by atoms with Gasteiger partial charge in [0.15, 0.2) is 11.6 Å². The molecule has 1 atom stereocenters. The molecule has 2 aromatic rings. The summed E-state index contributed by atoms with van der Waals surface area (Å²) in [6.07, 6.45) is 2.62. The van der Waals surface area contributed by atoms with Crippen molar-refractivity contribution in [3.8, 4) is 0 Å². The zero-order valence-electron chi connectivity index (χ0n) is 20.2. The molecule has 2 aromatic carbocycles. The van der Waals surface area contributed by atoms with E-state index in [1.807, 2.05) is 51.1 Å². The molecule has 1 fully saturated rings. The second kappa shape index (κ2) is 12.0. The van der Waals surface area contributed by atoms with Crippen LogP contribution in [0.1, 0.15) is 57.9 Å². The average molecular weight is 472 g/mol. The normalized spacial score (nSPS) is 15.3. The molecule has 184 valence electrons. The average Bonchev–Trinajstić information content (AvgIpc) is 2.81. The number of piperidine rings is 1. The van der Waals surface area contributed by atoms with Crippen LogP contribution in [-0.2, 0) is 9.59 Å². The van der Waals surface area contributed by atoms with Crippen LogP contribution in [0, 0.1) is 23.5 Å². The van der Waals surface area contributed by atoms with Crippen LogP contribution in [0.4, 0.5) is 20.2 Å². The third kappa shape index (κ3) is 5.93. The first-order valence-electron chi connectivity index (χ1n) is 12.3. The van der Waals surface area contributed by atoms with Crippen molar-refractivity contribution in [1.29, 1.82) is 0 Å². The first kappa shape index (κ1) is 25.7. The van der Waals surface area contributed by atoms with Crippen molar-refractivity contribution in [2.45, 2.75) is 52.4 Å². The molecular formula is C27H35F2N3O2. The van der Waals surface area contributed by atoms with Crippen molar-refractivity contribution in [2.24, 2.45) is 11.8 Å². The number of rotatable bonds is 9. The van der Waals surface area contributed by atoms with E-state index >= 15 is 0 Å². The predicted molar refractivity (Wildman–Crippen MR) is 132 cm³/mol. The maximum atomic E-state index is 15.0. The number of anilines is 2. The van der Waals surface area contributed by atoms with Gasteiger partial charge in [0, 0.05) is 31.2 Å². The van der Waals surface area contributed by atoms with Crippen LogP contribution >= 0.6 is 0 Å². The number of amides is 2. The van der Waals surface area contributed by atoms with Crippen molar-refractivity contribution in [3.63, 3.8) is 0 Å². The Morgan fingerprint density at radius 3 is 2.09 bits per heavy atom. The van der Waals surface area contributed by atoms with Gasteiger partial charge in [-0.2, -0.15) is 0 Å². The molecule has 2 N–H and O–H groups in total. The number of hydrogen-bond donors (Lipinski definition) is 2. The highest BCUT2D eigenvalue weighted by molar-refractivity contribution is 5.92. The number of halogens is 2. The lowest BCUT2D eigenvalue weighted by Gasteiger charge is -2.37. The van der Waals surface area contributed by atoms with Gasteiger partial charge < -0.3 is 15.5 Å². The first-order chi connectivity index (χ1) is 16.4. The molecule has 0 spiro atoms. The van der Waals surface area contributed by atoms with Crippen molar-refractivity contribution in [1.82, 2.24) is 5.32 Å². The minimum atomic E-state index is -0.693. The Morgan fingerprint density at radius 2 is 1.56 bits per heavy atom. The van der Waals surface area contributed by atoms with E-state index in [0.717, 1.165) is 5.56 Å². The lowest BCUT2D eigenvalue weighted by molar-refractivity contribution is -0.124. The second-order valence-electron chi connectivity index (χ2n) is 8.90. The molecule has 2 amide bonds. The van der Waals surface area contributed by atoms with E-state index in [1.54, 1.807) is 4.90 Å². The Labute approximate surface area is 200 Å². The highest BCUT2D eigenvalue weighted by Gasteiger charge is 2.33. The molecule has 7 heteroatoms. The van der Waals surface area contributed by atoms with Crippen LogP contribution in [0.3, 0.4) is 0 Å². The van der Waals surface area contributed by atoms with E-state index < -0.39 is 11.6 Å². The quantitative estimate of drug-likeness (QED) is 0.509. The highest BCUT2D eigenvalue weighted by Crippen LogP contribution is 2.36. The first-order valence-corrected chi connectivity index (χ1v) is 12.3. The summed E-state index contributed by atoms with van der Waals surface area (Å²) in [7, 11) is 0. The summed E-state index contributed by atoms with van der Waals surface area (Å²) in [5, 5.41) is 5.57. The Balaban J connectivity index is 1.72. The van der Waals surface area contributed by atoms with E-state index in [-0.39, 0.29) is 40.9 Å². The SMILES string of the molecule is CCNC(=O)C(c1ccccc1)C1CCN(c2c(F)cc(NC(=O)C(CC)CC)cc2F)CC1. The molecular weight excluding hydrogens is 436 g/mol. The molecule has 0 saturated carbocycles. The monoisotopic (exact) mass is 471 g/mol. The number of carbonyl (C=O) groups excluding carboxylic acids is 2. The number of benzene rings is 2. The fourth-order valence-corrected chi connectivity index (χ4v) is 4.88. The molecule has 0 radical (unpaired) electrons. The van der Waals surface area contributed by atoms with Crippen LogP contribution in [0.15, 0.2) is 42.5 Å². The molecule has 1 unspecified atom stereocenters. The summed E-state index contributed by atoms with van der Waals surface area (Å²) in [6, 6.07) is 12.1. The molecule has 1 aliphatic heterocycles. The van der Waals surface area contributed by atoms with E-state index in [4.69, 9.17) is 0 Å². The largest absolute Gasteiger partial charge is 0.367 e. The standard InChI is InChI=1S/C27H35F2N3O2/c1-4-18(5-2)26(33)31-21-16-22(28)25(23(29)17-21)32-14-12-20(13-15-32)24(27(34)30-6-3)19-10-8-7-9-11-19/h7-11,16-18,20,24H,4-6,12-15H2,1-3H3,(H,30,34)(H,31,33).